The molecule has 0 saturated heterocycles. The number of carbonyl (C=O) groups excluding carboxylic acids is 1. The first-order chi connectivity index (χ1) is 12.6. The SMILES string of the molecule is Cn1c(=O)n(CCC(=O)NCc2nc3ccccc3s2)c2ccccc21. The minimum Gasteiger partial charge on any atom is -0.350 e. The van der Waals surface area contributed by atoms with Crippen LogP contribution in [-0.4, -0.2) is 20.0 Å². The maximum atomic E-state index is 12.4. The number of aryl methyl sites for hydroxylation is 2. The number of nitrogens with zero attached hydrogens (tertiary/aromatic N) is 3. The van der Waals surface area contributed by atoms with Crippen LogP contribution in [0, 0.1) is 0 Å². The van der Waals surface area contributed by atoms with Gasteiger partial charge in [0.25, 0.3) is 0 Å². The molecule has 1 N–H and O–H groups in total. The van der Waals surface area contributed by atoms with Gasteiger partial charge in [-0.25, -0.2) is 9.78 Å². The van der Waals surface area contributed by atoms with Crippen molar-refractivity contribution < 1.29 is 4.79 Å². The van der Waals surface area contributed by atoms with Crippen LogP contribution in [0.1, 0.15) is 11.4 Å². The number of benzene rings is 2. The average Bonchev–Trinajstić information content (AvgIpc) is 3.18. The Morgan fingerprint density at radius 1 is 1.12 bits per heavy atom. The molecule has 132 valence electrons. The summed E-state index contributed by atoms with van der Waals surface area (Å²) in [5.41, 5.74) is 2.56. The number of amides is 1. The van der Waals surface area contributed by atoms with E-state index in [1.165, 1.54) is 0 Å². The molecule has 2 aromatic carbocycles. The molecule has 0 radical (unpaired) electrons. The third-order valence-corrected chi connectivity index (χ3v) is 5.43. The van der Waals surface area contributed by atoms with Gasteiger partial charge >= 0.3 is 5.69 Å². The van der Waals surface area contributed by atoms with Crippen LogP contribution >= 0.6 is 11.3 Å². The molecule has 0 fully saturated rings. The van der Waals surface area contributed by atoms with Crippen LogP contribution in [0.15, 0.2) is 53.3 Å². The minimum absolute atomic E-state index is 0.0934. The van der Waals surface area contributed by atoms with E-state index in [9.17, 15) is 9.59 Å². The molecule has 0 saturated carbocycles. The largest absolute Gasteiger partial charge is 0.350 e. The second-order valence-corrected chi connectivity index (χ2v) is 7.20. The molecule has 0 aliphatic heterocycles. The molecule has 0 bridgehead atoms. The summed E-state index contributed by atoms with van der Waals surface area (Å²) in [6.45, 7) is 0.758. The maximum absolute atomic E-state index is 12.4. The third-order valence-electron chi connectivity index (χ3n) is 4.39. The molecular formula is C19H18N4O2S. The standard InChI is InChI=1S/C19H18N4O2S/c1-22-14-7-3-4-8-15(14)23(19(22)25)11-10-17(24)20-12-18-21-13-6-2-5-9-16(13)26-18/h2-9H,10-12H2,1H3,(H,20,24). The number of hydrogen-bond acceptors (Lipinski definition) is 4. The fourth-order valence-electron chi connectivity index (χ4n) is 3.05. The van der Waals surface area contributed by atoms with Gasteiger partial charge in [0, 0.05) is 20.0 Å². The molecule has 2 aromatic heterocycles. The molecule has 7 heteroatoms. The normalized spacial score (nSPS) is 11.3. The zero-order chi connectivity index (χ0) is 18.1. The number of hydrogen-bond donors (Lipinski definition) is 1. The molecule has 26 heavy (non-hydrogen) atoms. The first-order valence-electron chi connectivity index (χ1n) is 8.39. The van der Waals surface area contributed by atoms with Crippen molar-refractivity contribution in [2.24, 2.45) is 7.05 Å². The van der Waals surface area contributed by atoms with E-state index in [0.717, 1.165) is 26.3 Å². The van der Waals surface area contributed by atoms with Gasteiger partial charge < -0.3 is 5.32 Å². The van der Waals surface area contributed by atoms with Crippen molar-refractivity contribution in [3.63, 3.8) is 0 Å². The zero-order valence-electron chi connectivity index (χ0n) is 14.3. The number of nitrogens with one attached hydrogen (secondary N) is 1. The van der Waals surface area contributed by atoms with Crippen molar-refractivity contribution in [2.75, 3.05) is 0 Å². The highest BCUT2D eigenvalue weighted by Gasteiger charge is 2.12. The van der Waals surface area contributed by atoms with Crippen LogP contribution in [0.5, 0.6) is 0 Å². The van der Waals surface area contributed by atoms with Gasteiger partial charge in [0.05, 0.1) is 27.8 Å². The predicted octanol–water partition coefficient (Wildman–Crippen LogP) is 2.66. The average molecular weight is 366 g/mol. The quantitative estimate of drug-likeness (QED) is 0.590. The number of para-hydroxylation sites is 3. The Morgan fingerprint density at radius 2 is 1.85 bits per heavy atom. The van der Waals surface area contributed by atoms with Gasteiger partial charge in [-0.3, -0.25) is 13.9 Å². The Bertz CT molecular complexity index is 1120. The lowest BCUT2D eigenvalue weighted by Gasteiger charge is -2.04. The van der Waals surface area contributed by atoms with Crippen LogP contribution in [0.3, 0.4) is 0 Å². The molecule has 0 aliphatic rings. The second kappa shape index (κ2) is 6.76. The second-order valence-electron chi connectivity index (χ2n) is 6.08. The van der Waals surface area contributed by atoms with Gasteiger partial charge in [-0.2, -0.15) is 0 Å². The third kappa shape index (κ3) is 3.01. The van der Waals surface area contributed by atoms with E-state index in [-0.39, 0.29) is 18.0 Å². The van der Waals surface area contributed by atoms with Crippen molar-refractivity contribution in [1.82, 2.24) is 19.4 Å². The predicted molar refractivity (Wildman–Crippen MR) is 103 cm³/mol. The molecule has 0 unspecified atom stereocenters. The van der Waals surface area contributed by atoms with Crippen LogP contribution in [-0.2, 0) is 24.9 Å². The van der Waals surface area contributed by atoms with E-state index in [0.29, 0.717) is 13.1 Å². The Kier molecular flexibility index (Phi) is 4.30. The molecule has 0 spiro atoms. The summed E-state index contributed by atoms with van der Waals surface area (Å²) in [6, 6.07) is 15.5. The van der Waals surface area contributed by atoms with Gasteiger partial charge in [0.1, 0.15) is 5.01 Å². The summed E-state index contributed by atoms with van der Waals surface area (Å²) in [5.74, 6) is -0.0934. The number of thiazole rings is 1. The molecule has 6 nitrogen and oxygen atoms in total. The fraction of sp³-hybridized carbons (Fsp3) is 0.211. The number of aromatic nitrogens is 3. The van der Waals surface area contributed by atoms with E-state index < -0.39 is 0 Å². The van der Waals surface area contributed by atoms with Crippen LogP contribution in [0.4, 0.5) is 0 Å². The highest BCUT2D eigenvalue weighted by Crippen LogP contribution is 2.21. The van der Waals surface area contributed by atoms with Gasteiger partial charge in [0.2, 0.25) is 5.91 Å². The molecule has 2 heterocycles. The smallest absolute Gasteiger partial charge is 0.328 e. The van der Waals surface area contributed by atoms with E-state index in [1.54, 1.807) is 27.5 Å². The van der Waals surface area contributed by atoms with Crippen molar-refractivity contribution in [3.05, 3.63) is 64.0 Å². The van der Waals surface area contributed by atoms with Crippen molar-refractivity contribution in [2.45, 2.75) is 19.5 Å². The first-order valence-corrected chi connectivity index (χ1v) is 9.20. The fourth-order valence-corrected chi connectivity index (χ4v) is 3.96. The molecule has 1 amide bonds. The summed E-state index contributed by atoms with van der Waals surface area (Å²) >= 11 is 1.58. The summed E-state index contributed by atoms with van der Waals surface area (Å²) < 4.78 is 4.36. The zero-order valence-corrected chi connectivity index (χ0v) is 15.1. The highest BCUT2D eigenvalue weighted by molar-refractivity contribution is 7.18. The van der Waals surface area contributed by atoms with Crippen molar-refractivity contribution >= 4 is 38.5 Å². The topological polar surface area (TPSA) is 68.9 Å². The van der Waals surface area contributed by atoms with Crippen molar-refractivity contribution in [3.8, 4) is 0 Å². The van der Waals surface area contributed by atoms with Gasteiger partial charge in [-0.15, -0.1) is 11.3 Å². The van der Waals surface area contributed by atoms with E-state index in [2.05, 4.69) is 10.3 Å². The van der Waals surface area contributed by atoms with Gasteiger partial charge in [-0.05, 0) is 24.3 Å². The minimum atomic E-state index is -0.106. The Balaban J connectivity index is 1.41. The molecule has 0 aliphatic carbocycles. The van der Waals surface area contributed by atoms with Gasteiger partial charge in [-0.1, -0.05) is 24.3 Å². The van der Waals surface area contributed by atoms with Gasteiger partial charge in [0.15, 0.2) is 0 Å². The first kappa shape index (κ1) is 16.5. The van der Waals surface area contributed by atoms with Crippen LogP contribution in [0.2, 0.25) is 0 Å². The lowest BCUT2D eigenvalue weighted by atomic mass is 10.3. The number of carbonyl (C=O) groups is 1. The molecule has 4 aromatic rings. The Morgan fingerprint density at radius 3 is 2.65 bits per heavy atom. The summed E-state index contributed by atoms with van der Waals surface area (Å²) in [5, 5.41) is 3.77. The number of rotatable bonds is 5. The van der Waals surface area contributed by atoms with E-state index >= 15 is 0 Å². The number of imidazole rings is 1. The lowest BCUT2D eigenvalue weighted by molar-refractivity contribution is -0.121. The number of fused-ring (bicyclic) bond motifs is 2. The van der Waals surface area contributed by atoms with Crippen LogP contribution < -0.4 is 11.0 Å². The van der Waals surface area contributed by atoms with E-state index in [4.69, 9.17) is 0 Å². The van der Waals surface area contributed by atoms with Crippen LogP contribution in [0.25, 0.3) is 21.3 Å². The Labute approximate surface area is 153 Å². The Hall–Kier alpha value is -2.93. The molecular weight excluding hydrogens is 348 g/mol. The highest BCUT2D eigenvalue weighted by atomic mass is 32.1. The maximum Gasteiger partial charge on any atom is 0.328 e. The molecule has 4 rings (SSSR count). The monoisotopic (exact) mass is 366 g/mol. The van der Waals surface area contributed by atoms with Crippen molar-refractivity contribution in [1.29, 1.82) is 0 Å². The summed E-state index contributed by atoms with van der Waals surface area (Å²) in [7, 11) is 1.74. The summed E-state index contributed by atoms with van der Waals surface area (Å²) in [6.07, 6.45) is 0.249. The summed E-state index contributed by atoms with van der Waals surface area (Å²) in [4.78, 5) is 29.1. The van der Waals surface area contributed by atoms with E-state index in [1.807, 2.05) is 48.5 Å². The molecule has 0 atom stereocenters. The lowest BCUT2D eigenvalue weighted by Crippen LogP contribution is -2.27.